The molecule has 6 heteroatoms. The molecule has 0 radical (unpaired) electrons. The number of nitrogens with zero attached hydrogens (tertiary/aromatic N) is 1. The van der Waals surface area contributed by atoms with Gasteiger partial charge < -0.3 is 10.0 Å². The number of piperidine rings is 1. The summed E-state index contributed by atoms with van der Waals surface area (Å²) in [4.78, 5) is 13.8. The summed E-state index contributed by atoms with van der Waals surface area (Å²) >= 11 is 0. The number of aliphatic hydroxyl groups is 1. The largest absolute Gasteiger partial charge is 0.390 e. The van der Waals surface area contributed by atoms with Gasteiger partial charge in [0.05, 0.1) is 11.2 Å². The first-order valence-electron chi connectivity index (χ1n) is 7.78. The third-order valence-electron chi connectivity index (χ3n) is 4.49. The first-order valence-corrected chi connectivity index (χ1v) is 7.78. The smallest absolute Gasteiger partial charge is 0.256 e. The summed E-state index contributed by atoms with van der Waals surface area (Å²) in [6.45, 7) is 6.29. The Morgan fingerprint density at radius 2 is 1.91 bits per heavy atom. The molecule has 128 valence electrons. The van der Waals surface area contributed by atoms with E-state index in [1.54, 1.807) is 6.92 Å². The van der Waals surface area contributed by atoms with Crippen LogP contribution in [-0.2, 0) is 0 Å². The van der Waals surface area contributed by atoms with Gasteiger partial charge >= 0.3 is 0 Å². The van der Waals surface area contributed by atoms with Crippen molar-refractivity contribution in [2.45, 2.75) is 39.2 Å². The number of carbonyl (C=O) groups excluding carboxylic acids is 1. The minimum Gasteiger partial charge on any atom is -0.390 e. The molecule has 0 aromatic heterocycles. The highest BCUT2D eigenvalue weighted by Crippen LogP contribution is 2.33. The Kier molecular flexibility index (Phi) is 5.04. The molecule has 0 bridgehead atoms. The summed E-state index contributed by atoms with van der Waals surface area (Å²) in [5, 5.41) is 10.5. The third kappa shape index (κ3) is 3.86. The summed E-state index contributed by atoms with van der Waals surface area (Å²) in [6, 6.07) is 0.978. The van der Waals surface area contributed by atoms with Gasteiger partial charge in [-0.1, -0.05) is 13.8 Å². The van der Waals surface area contributed by atoms with Gasteiger partial charge in [-0.25, -0.2) is 13.2 Å². The molecule has 1 fully saturated rings. The molecule has 23 heavy (non-hydrogen) atoms. The highest BCUT2D eigenvalue weighted by Gasteiger charge is 2.39. The molecular formula is C17H22F3NO2. The van der Waals surface area contributed by atoms with Gasteiger partial charge in [0.25, 0.3) is 5.91 Å². The maximum atomic E-state index is 13.8. The van der Waals surface area contributed by atoms with Crippen LogP contribution in [-0.4, -0.2) is 34.6 Å². The first kappa shape index (κ1) is 17.8. The van der Waals surface area contributed by atoms with Crippen LogP contribution in [0.2, 0.25) is 0 Å². The van der Waals surface area contributed by atoms with Crippen molar-refractivity contribution in [3.63, 3.8) is 0 Å². The minimum atomic E-state index is -1.32. The van der Waals surface area contributed by atoms with Gasteiger partial charge in [0.15, 0.2) is 11.6 Å². The standard InChI is InChI=1S/C17H22F3NO2/c1-10(2)6-11-9-21(5-4-17(11,3)23)16(22)12-7-14(19)15(20)8-13(12)18/h7-8,10-11,23H,4-6,9H2,1-3H3/t11-,17+/m0/s1. The van der Waals surface area contributed by atoms with Crippen LogP contribution < -0.4 is 0 Å². The van der Waals surface area contributed by atoms with E-state index in [1.807, 2.05) is 13.8 Å². The number of carbonyl (C=O) groups is 1. The molecule has 1 aliphatic heterocycles. The average Bonchev–Trinajstić information content (AvgIpc) is 2.44. The van der Waals surface area contributed by atoms with Crippen LogP contribution in [0.25, 0.3) is 0 Å². The maximum Gasteiger partial charge on any atom is 0.256 e. The number of amides is 1. The number of hydrogen-bond donors (Lipinski definition) is 1. The lowest BCUT2D eigenvalue weighted by molar-refractivity contribution is -0.0577. The van der Waals surface area contributed by atoms with E-state index in [4.69, 9.17) is 0 Å². The van der Waals surface area contributed by atoms with Crippen LogP contribution in [0.4, 0.5) is 13.2 Å². The second-order valence-electron chi connectivity index (χ2n) is 6.93. The van der Waals surface area contributed by atoms with Crippen LogP contribution in [0.3, 0.4) is 0 Å². The van der Waals surface area contributed by atoms with E-state index < -0.39 is 34.5 Å². The van der Waals surface area contributed by atoms with E-state index in [2.05, 4.69) is 0 Å². The molecule has 0 aliphatic carbocycles. The fraction of sp³-hybridized carbons (Fsp3) is 0.588. The van der Waals surface area contributed by atoms with Crippen molar-refractivity contribution in [2.75, 3.05) is 13.1 Å². The molecule has 1 amide bonds. The monoisotopic (exact) mass is 329 g/mol. The summed E-state index contributed by atoms with van der Waals surface area (Å²) in [5.74, 6) is -4.14. The summed E-state index contributed by atoms with van der Waals surface area (Å²) < 4.78 is 40.1. The molecule has 3 nitrogen and oxygen atoms in total. The van der Waals surface area contributed by atoms with Crippen molar-refractivity contribution in [1.29, 1.82) is 0 Å². The number of likely N-dealkylation sites (tertiary alicyclic amines) is 1. The van der Waals surface area contributed by atoms with Crippen LogP contribution in [0.1, 0.15) is 44.0 Å². The summed E-state index contributed by atoms with van der Waals surface area (Å²) in [7, 11) is 0. The highest BCUT2D eigenvalue weighted by molar-refractivity contribution is 5.94. The molecule has 0 saturated carbocycles. The Hall–Kier alpha value is -1.56. The lowest BCUT2D eigenvalue weighted by atomic mass is 9.78. The molecule has 0 unspecified atom stereocenters. The van der Waals surface area contributed by atoms with E-state index in [9.17, 15) is 23.1 Å². The molecule has 1 aliphatic rings. The highest BCUT2D eigenvalue weighted by atomic mass is 19.2. The molecule has 2 atom stereocenters. The van der Waals surface area contributed by atoms with E-state index in [-0.39, 0.29) is 19.0 Å². The predicted molar refractivity (Wildman–Crippen MR) is 80.4 cm³/mol. The molecule has 1 N–H and O–H groups in total. The minimum absolute atomic E-state index is 0.145. The molecule has 0 spiro atoms. The van der Waals surface area contributed by atoms with Gasteiger partial charge in [0.2, 0.25) is 0 Å². The zero-order chi connectivity index (χ0) is 17.4. The fourth-order valence-corrected chi connectivity index (χ4v) is 3.06. The van der Waals surface area contributed by atoms with Crippen molar-refractivity contribution in [1.82, 2.24) is 4.90 Å². The number of halogens is 3. The molecule has 1 aromatic carbocycles. The Bertz CT molecular complexity index is 602. The van der Waals surface area contributed by atoms with Crippen molar-refractivity contribution in [3.8, 4) is 0 Å². The van der Waals surface area contributed by atoms with Gasteiger partial charge in [-0.15, -0.1) is 0 Å². The van der Waals surface area contributed by atoms with Crippen LogP contribution in [0.5, 0.6) is 0 Å². The van der Waals surface area contributed by atoms with E-state index >= 15 is 0 Å². The predicted octanol–water partition coefficient (Wildman–Crippen LogP) is 3.36. The van der Waals surface area contributed by atoms with Crippen LogP contribution >= 0.6 is 0 Å². The third-order valence-corrected chi connectivity index (χ3v) is 4.49. The summed E-state index contributed by atoms with van der Waals surface area (Å²) in [5.41, 5.74) is -1.37. The van der Waals surface area contributed by atoms with Crippen LogP contribution in [0.15, 0.2) is 12.1 Å². The average molecular weight is 329 g/mol. The van der Waals surface area contributed by atoms with E-state index in [0.717, 1.165) is 6.42 Å². The summed E-state index contributed by atoms with van der Waals surface area (Å²) in [6.07, 6.45) is 1.08. The lowest BCUT2D eigenvalue weighted by Crippen LogP contribution is -2.52. The maximum absolute atomic E-state index is 13.8. The van der Waals surface area contributed by atoms with Gasteiger partial charge in [0, 0.05) is 25.1 Å². The molecule has 2 rings (SSSR count). The zero-order valence-electron chi connectivity index (χ0n) is 13.6. The van der Waals surface area contributed by atoms with Gasteiger partial charge in [-0.05, 0) is 31.7 Å². The van der Waals surface area contributed by atoms with Gasteiger partial charge in [-0.2, -0.15) is 0 Å². The van der Waals surface area contributed by atoms with E-state index in [1.165, 1.54) is 4.90 Å². The molecule has 1 aromatic rings. The zero-order valence-corrected chi connectivity index (χ0v) is 13.6. The SMILES string of the molecule is CC(C)C[C@H]1CN(C(=O)c2cc(F)c(F)cc2F)CC[C@@]1(C)O. The second-order valence-corrected chi connectivity index (χ2v) is 6.93. The van der Waals surface area contributed by atoms with Crippen molar-refractivity contribution >= 4 is 5.91 Å². The Morgan fingerprint density at radius 3 is 2.52 bits per heavy atom. The van der Waals surface area contributed by atoms with Gasteiger partial charge in [0.1, 0.15) is 5.82 Å². The number of rotatable bonds is 3. The number of hydrogen-bond acceptors (Lipinski definition) is 2. The Labute approximate surface area is 134 Å². The second kappa shape index (κ2) is 6.51. The molecular weight excluding hydrogens is 307 g/mol. The van der Waals surface area contributed by atoms with Gasteiger partial charge in [-0.3, -0.25) is 4.79 Å². The van der Waals surface area contributed by atoms with Crippen molar-refractivity contribution in [2.24, 2.45) is 11.8 Å². The van der Waals surface area contributed by atoms with Crippen molar-refractivity contribution in [3.05, 3.63) is 35.1 Å². The number of benzene rings is 1. The molecule has 1 heterocycles. The fourth-order valence-electron chi connectivity index (χ4n) is 3.06. The van der Waals surface area contributed by atoms with Crippen molar-refractivity contribution < 1.29 is 23.1 Å². The Balaban J connectivity index is 2.22. The topological polar surface area (TPSA) is 40.5 Å². The lowest BCUT2D eigenvalue weighted by Gasteiger charge is -2.43. The normalized spacial score (nSPS) is 25.0. The molecule has 1 saturated heterocycles. The Morgan fingerprint density at radius 1 is 1.30 bits per heavy atom. The quantitative estimate of drug-likeness (QED) is 0.864. The van der Waals surface area contributed by atoms with E-state index in [0.29, 0.717) is 24.5 Å². The van der Waals surface area contributed by atoms with Crippen LogP contribution in [0, 0.1) is 29.3 Å². The first-order chi connectivity index (χ1) is 10.6.